The highest BCUT2D eigenvalue weighted by Crippen LogP contribution is 2.39. The number of aromatic nitrogens is 2. The normalized spacial score (nSPS) is 15.2. The molecule has 1 aromatic carbocycles. The van der Waals surface area contributed by atoms with Gasteiger partial charge in [0.1, 0.15) is 0 Å². The first-order chi connectivity index (χ1) is 8.20. The van der Waals surface area contributed by atoms with E-state index in [0.717, 1.165) is 23.9 Å². The fourth-order valence-corrected chi connectivity index (χ4v) is 2.17. The Morgan fingerprint density at radius 3 is 2.94 bits per heavy atom. The molecule has 88 valence electrons. The molecule has 2 aromatic rings. The molecule has 0 bridgehead atoms. The van der Waals surface area contributed by atoms with Crippen molar-refractivity contribution >= 4 is 28.6 Å². The van der Waals surface area contributed by atoms with E-state index in [4.69, 9.17) is 16.3 Å². The van der Waals surface area contributed by atoms with Crippen LogP contribution in [0.2, 0.25) is 5.02 Å². The van der Waals surface area contributed by atoms with Gasteiger partial charge in [0, 0.05) is 11.1 Å². The summed E-state index contributed by atoms with van der Waals surface area (Å²) in [6.07, 6.45) is 2.14. The summed E-state index contributed by atoms with van der Waals surface area (Å²) in [5.41, 5.74) is 1.68. The standard InChI is InChI=1S/C12H11ClN2O2/c1-17-12(16)11-14-9-5-2-7(13)6-10(9)15(11)8-3-4-8/h2,5-6,8H,3-4H2,1H3. The Balaban J connectivity index is 2.27. The minimum Gasteiger partial charge on any atom is -0.463 e. The number of nitrogens with zero attached hydrogens (tertiary/aromatic N) is 2. The second-order valence-electron chi connectivity index (χ2n) is 4.16. The average Bonchev–Trinajstić information content (AvgIpc) is 3.09. The maximum atomic E-state index is 11.7. The van der Waals surface area contributed by atoms with Crippen molar-refractivity contribution in [2.24, 2.45) is 0 Å². The molecule has 1 heterocycles. The van der Waals surface area contributed by atoms with Crippen LogP contribution in [0.5, 0.6) is 0 Å². The number of methoxy groups -OCH3 is 1. The van der Waals surface area contributed by atoms with Gasteiger partial charge in [-0.25, -0.2) is 9.78 Å². The summed E-state index contributed by atoms with van der Waals surface area (Å²) in [4.78, 5) is 16.0. The number of benzene rings is 1. The van der Waals surface area contributed by atoms with Crippen LogP contribution < -0.4 is 0 Å². The zero-order valence-corrected chi connectivity index (χ0v) is 10.1. The Labute approximate surface area is 103 Å². The van der Waals surface area contributed by atoms with Crippen molar-refractivity contribution in [1.29, 1.82) is 0 Å². The second-order valence-corrected chi connectivity index (χ2v) is 4.60. The Bertz CT molecular complexity index is 602. The zero-order valence-electron chi connectivity index (χ0n) is 9.31. The van der Waals surface area contributed by atoms with E-state index in [1.807, 2.05) is 16.7 Å². The molecule has 0 unspecified atom stereocenters. The number of rotatable bonds is 2. The molecule has 0 radical (unpaired) electrons. The first kappa shape index (κ1) is 10.6. The number of fused-ring (bicyclic) bond motifs is 1. The van der Waals surface area contributed by atoms with Crippen LogP contribution in [0.3, 0.4) is 0 Å². The van der Waals surface area contributed by atoms with Crippen molar-refractivity contribution in [3.63, 3.8) is 0 Å². The molecule has 17 heavy (non-hydrogen) atoms. The minimum atomic E-state index is -0.399. The SMILES string of the molecule is COC(=O)c1nc2ccc(Cl)cc2n1C1CC1. The van der Waals surface area contributed by atoms with Gasteiger partial charge in [0.05, 0.1) is 18.1 Å². The van der Waals surface area contributed by atoms with E-state index >= 15 is 0 Å². The van der Waals surface area contributed by atoms with E-state index in [1.54, 1.807) is 6.07 Å². The molecule has 3 rings (SSSR count). The fraction of sp³-hybridized carbons (Fsp3) is 0.333. The van der Waals surface area contributed by atoms with Crippen LogP contribution in [0.15, 0.2) is 18.2 Å². The highest BCUT2D eigenvalue weighted by Gasteiger charge is 2.30. The van der Waals surface area contributed by atoms with Crippen LogP contribution in [0, 0.1) is 0 Å². The Morgan fingerprint density at radius 2 is 2.29 bits per heavy atom. The molecular weight excluding hydrogens is 240 g/mol. The molecule has 0 aliphatic heterocycles. The maximum absolute atomic E-state index is 11.7. The van der Waals surface area contributed by atoms with Crippen LogP contribution >= 0.6 is 11.6 Å². The topological polar surface area (TPSA) is 44.1 Å². The number of imidazole rings is 1. The summed E-state index contributed by atoms with van der Waals surface area (Å²) in [6, 6.07) is 5.79. The molecular formula is C12H11ClN2O2. The van der Waals surface area contributed by atoms with E-state index < -0.39 is 5.97 Å². The molecule has 1 saturated carbocycles. The maximum Gasteiger partial charge on any atom is 0.374 e. The lowest BCUT2D eigenvalue weighted by Crippen LogP contribution is -2.10. The Kier molecular flexibility index (Phi) is 2.33. The molecule has 0 N–H and O–H groups in total. The average molecular weight is 251 g/mol. The minimum absolute atomic E-state index is 0.354. The van der Waals surface area contributed by atoms with Gasteiger partial charge in [-0.3, -0.25) is 0 Å². The summed E-state index contributed by atoms with van der Waals surface area (Å²) >= 11 is 5.98. The van der Waals surface area contributed by atoms with E-state index in [-0.39, 0.29) is 0 Å². The van der Waals surface area contributed by atoms with Crippen molar-refractivity contribution in [2.45, 2.75) is 18.9 Å². The lowest BCUT2D eigenvalue weighted by molar-refractivity contribution is 0.0581. The third-order valence-corrected chi connectivity index (χ3v) is 3.17. The van der Waals surface area contributed by atoms with Crippen molar-refractivity contribution in [3.8, 4) is 0 Å². The summed E-state index contributed by atoms with van der Waals surface area (Å²) in [6.45, 7) is 0. The lowest BCUT2D eigenvalue weighted by atomic mass is 10.3. The van der Waals surface area contributed by atoms with E-state index in [9.17, 15) is 4.79 Å². The summed E-state index contributed by atoms with van der Waals surface area (Å²) in [5, 5.41) is 0.649. The van der Waals surface area contributed by atoms with E-state index in [1.165, 1.54) is 7.11 Å². The number of hydrogen-bond donors (Lipinski definition) is 0. The van der Waals surface area contributed by atoms with Gasteiger partial charge in [0.15, 0.2) is 0 Å². The van der Waals surface area contributed by atoms with Gasteiger partial charge < -0.3 is 9.30 Å². The molecule has 5 heteroatoms. The van der Waals surface area contributed by atoms with Crippen LogP contribution in [-0.2, 0) is 4.74 Å². The van der Waals surface area contributed by atoms with Crippen LogP contribution in [0.4, 0.5) is 0 Å². The summed E-state index contributed by atoms with van der Waals surface area (Å²) in [7, 11) is 1.37. The van der Waals surface area contributed by atoms with Gasteiger partial charge in [-0.15, -0.1) is 0 Å². The number of carbonyl (C=O) groups excluding carboxylic acids is 1. The van der Waals surface area contributed by atoms with Crippen molar-refractivity contribution in [1.82, 2.24) is 9.55 Å². The van der Waals surface area contributed by atoms with Crippen molar-refractivity contribution < 1.29 is 9.53 Å². The number of halogens is 1. The first-order valence-electron chi connectivity index (χ1n) is 5.46. The predicted octanol–water partition coefficient (Wildman–Crippen LogP) is 2.81. The quantitative estimate of drug-likeness (QED) is 0.770. The first-order valence-corrected chi connectivity index (χ1v) is 5.84. The Hall–Kier alpha value is -1.55. The number of hydrogen-bond acceptors (Lipinski definition) is 3. The molecule has 1 aliphatic rings. The van der Waals surface area contributed by atoms with Crippen LogP contribution in [0.1, 0.15) is 29.5 Å². The number of ether oxygens (including phenoxy) is 1. The van der Waals surface area contributed by atoms with Gasteiger partial charge >= 0.3 is 5.97 Å². The van der Waals surface area contributed by atoms with E-state index in [2.05, 4.69) is 4.98 Å². The molecule has 1 aliphatic carbocycles. The number of carbonyl (C=O) groups is 1. The van der Waals surface area contributed by atoms with Gasteiger partial charge in [-0.2, -0.15) is 0 Å². The zero-order chi connectivity index (χ0) is 12.0. The molecule has 0 saturated heterocycles. The summed E-state index contributed by atoms with van der Waals surface area (Å²) < 4.78 is 6.70. The molecule has 4 nitrogen and oxygen atoms in total. The van der Waals surface area contributed by atoms with Crippen LogP contribution in [0.25, 0.3) is 11.0 Å². The van der Waals surface area contributed by atoms with Crippen LogP contribution in [-0.4, -0.2) is 22.6 Å². The van der Waals surface area contributed by atoms with Gasteiger partial charge in [-0.05, 0) is 31.0 Å². The molecule has 1 fully saturated rings. The van der Waals surface area contributed by atoms with Gasteiger partial charge in [0.25, 0.3) is 0 Å². The highest BCUT2D eigenvalue weighted by atomic mass is 35.5. The van der Waals surface area contributed by atoms with Gasteiger partial charge in [0.2, 0.25) is 5.82 Å². The summed E-state index contributed by atoms with van der Waals surface area (Å²) in [5.74, 6) is -0.0310. The van der Waals surface area contributed by atoms with Crippen molar-refractivity contribution in [2.75, 3.05) is 7.11 Å². The highest BCUT2D eigenvalue weighted by molar-refractivity contribution is 6.31. The smallest absolute Gasteiger partial charge is 0.374 e. The third kappa shape index (κ3) is 1.69. The largest absolute Gasteiger partial charge is 0.463 e. The third-order valence-electron chi connectivity index (χ3n) is 2.93. The lowest BCUT2D eigenvalue weighted by Gasteiger charge is -2.05. The van der Waals surface area contributed by atoms with E-state index in [0.29, 0.717) is 16.9 Å². The second kappa shape index (κ2) is 3.74. The fourth-order valence-electron chi connectivity index (χ4n) is 2.00. The molecule has 1 aromatic heterocycles. The molecule has 0 spiro atoms. The van der Waals surface area contributed by atoms with Gasteiger partial charge in [-0.1, -0.05) is 11.6 Å². The molecule has 0 atom stereocenters. The Morgan fingerprint density at radius 1 is 1.53 bits per heavy atom. The number of esters is 1. The molecule has 0 amide bonds. The predicted molar refractivity (Wildman–Crippen MR) is 64.4 cm³/mol. The van der Waals surface area contributed by atoms with Crippen molar-refractivity contribution in [3.05, 3.63) is 29.0 Å². The monoisotopic (exact) mass is 250 g/mol.